The highest BCUT2D eigenvalue weighted by atomic mass is 16.5. The molecule has 0 aliphatic carbocycles. The fourth-order valence-corrected chi connectivity index (χ4v) is 3.55. The predicted octanol–water partition coefficient (Wildman–Crippen LogP) is 7.45. The van der Waals surface area contributed by atoms with E-state index in [9.17, 15) is 0 Å². The molecule has 0 unspecified atom stereocenters. The number of benzene rings is 5. The number of rotatable bonds is 3. The number of hydrogen-bond acceptors (Lipinski definition) is 1. The van der Waals surface area contributed by atoms with Gasteiger partial charge in [0.1, 0.15) is 11.5 Å². The van der Waals surface area contributed by atoms with Gasteiger partial charge in [-0.3, -0.25) is 0 Å². The maximum Gasteiger partial charge on any atom is 0.127 e. The van der Waals surface area contributed by atoms with Gasteiger partial charge >= 0.3 is 0 Å². The second kappa shape index (κ2) is 6.62. The van der Waals surface area contributed by atoms with Crippen molar-refractivity contribution >= 4 is 21.5 Å². The van der Waals surface area contributed by atoms with Crippen LogP contribution in [0.15, 0.2) is 109 Å². The number of para-hydroxylation sites is 1. The molecule has 0 aliphatic heterocycles. The van der Waals surface area contributed by atoms with E-state index in [1.54, 1.807) is 0 Å². The van der Waals surface area contributed by atoms with Gasteiger partial charge in [-0.05, 0) is 69.1 Å². The number of ether oxygens (including phenoxy) is 1. The zero-order valence-electron chi connectivity index (χ0n) is 14.8. The van der Waals surface area contributed by atoms with Crippen LogP contribution < -0.4 is 4.74 Å². The second-order valence-electron chi connectivity index (χ2n) is 6.67. The maximum atomic E-state index is 5.91. The van der Waals surface area contributed by atoms with Crippen molar-refractivity contribution in [2.24, 2.45) is 0 Å². The van der Waals surface area contributed by atoms with E-state index < -0.39 is 0 Å². The van der Waals surface area contributed by atoms with Crippen LogP contribution in [0.25, 0.3) is 32.7 Å². The molecule has 0 spiro atoms. The lowest BCUT2D eigenvalue weighted by molar-refractivity contribution is 0.483. The third-order valence-electron chi connectivity index (χ3n) is 4.89. The molecule has 0 bridgehead atoms. The normalized spacial score (nSPS) is 11.0. The van der Waals surface area contributed by atoms with Gasteiger partial charge in [0.05, 0.1) is 0 Å². The molecule has 0 saturated heterocycles. The van der Waals surface area contributed by atoms with E-state index in [1.807, 2.05) is 42.5 Å². The first-order valence-electron chi connectivity index (χ1n) is 9.12. The average molecular weight is 346 g/mol. The van der Waals surface area contributed by atoms with Crippen molar-refractivity contribution in [1.29, 1.82) is 0 Å². The van der Waals surface area contributed by atoms with E-state index >= 15 is 0 Å². The van der Waals surface area contributed by atoms with E-state index in [0.717, 1.165) is 11.5 Å². The molecule has 1 nitrogen and oxygen atoms in total. The van der Waals surface area contributed by atoms with Crippen molar-refractivity contribution in [2.75, 3.05) is 0 Å². The molecule has 0 saturated carbocycles. The Morgan fingerprint density at radius 2 is 1.07 bits per heavy atom. The van der Waals surface area contributed by atoms with E-state index in [2.05, 4.69) is 66.7 Å². The quantitative estimate of drug-likeness (QED) is 0.308. The highest BCUT2D eigenvalue weighted by Gasteiger charge is 2.06. The largest absolute Gasteiger partial charge is 0.457 e. The highest BCUT2D eigenvalue weighted by molar-refractivity contribution is 6.04. The molecule has 0 aromatic heterocycles. The van der Waals surface area contributed by atoms with E-state index in [1.165, 1.54) is 32.7 Å². The summed E-state index contributed by atoms with van der Waals surface area (Å²) in [5.41, 5.74) is 2.43. The Morgan fingerprint density at radius 3 is 1.85 bits per heavy atom. The number of fused-ring (bicyclic) bond motifs is 2. The molecule has 0 aliphatic rings. The van der Waals surface area contributed by atoms with E-state index in [-0.39, 0.29) is 0 Å². The van der Waals surface area contributed by atoms with Crippen LogP contribution in [-0.2, 0) is 0 Å². The third kappa shape index (κ3) is 3.04. The summed E-state index contributed by atoms with van der Waals surface area (Å²) in [5.74, 6) is 1.69. The smallest absolute Gasteiger partial charge is 0.127 e. The lowest BCUT2D eigenvalue weighted by Gasteiger charge is -2.10. The SMILES string of the molecule is c1ccc(Oc2ccc(-c3cccc4cc5ccccc5cc34)cc2)cc1. The van der Waals surface area contributed by atoms with Crippen LogP contribution in [0.3, 0.4) is 0 Å². The summed E-state index contributed by atoms with van der Waals surface area (Å²) >= 11 is 0. The number of hydrogen-bond donors (Lipinski definition) is 0. The van der Waals surface area contributed by atoms with Gasteiger partial charge in [-0.25, -0.2) is 0 Å². The molecule has 0 heterocycles. The van der Waals surface area contributed by atoms with Gasteiger partial charge in [0.15, 0.2) is 0 Å². The van der Waals surface area contributed by atoms with Crippen LogP contribution in [0.2, 0.25) is 0 Å². The second-order valence-corrected chi connectivity index (χ2v) is 6.67. The lowest BCUT2D eigenvalue weighted by atomic mass is 9.95. The molecular weight excluding hydrogens is 328 g/mol. The topological polar surface area (TPSA) is 9.23 Å². The Balaban J connectivity index is 1.56. The molecule has 0 radical (unpaired) electrons. The zero-order valence-corrected chi connectivity index (χ0v) is 14.8. The fraction of sp³-hybridized carbons (Fsp3) is 0. The Bertz CT molecular complexity index is 1220. The zero-order chi connectivity index (χ0) is 18.1. The Labute approximate surface area is 158 Å². The lowest BCUT2D eigenvalue weighted by Crippen LogP contribution is -1.85. The van der Waals surface area contributed by atoms with Crippen molar-refractivity contribution in [3.63, 3.8) is 0 Å². The van der Waals surface area contributed by atoms with E-state index in [0.29, 0.717) is 0 Å². The van der Waals surface area contributed by atoms with Gasteiger partial charge in [-0.2, -0.15) is 0 Å². The van der Waals surface area contributed by atoms with E-state index in [4.69, 9.17) is 4.74 Å². The molecule has 128 valence electrons. The molecule has 5 aromatic rings. The Kier molecular flexibility index (Phi) is 3.84. The van der Waals surface area contributed by atoms with Crippen molar-refractivity contribution in [1.82, 2.24) is 0 Å². The standard InChI is InChI=1S/C26H18O/c1-2-10-23(11-3-1)27-24-15-13-19(14-16-24)25-12-6-9-22-17-20-7-4-5-8-21(20)18-26(22)25/h1-18H. The van der Waals surface area contributed by atoms with Gasteiger partial charge in [0.25, 0.3) is 0 Å². The van der Waals surface area contributed by atoms with Crippen molar-refractivity contribution in [2.45, 2.75) is 0 Å². The summed E-state index contributed by atoms with van der Waals surface area (Å²) in [4.78, 5) is 0. The Morgan fingerprint density at radius 1 is 0.444 bits per heavy atom. The monoisotopic (exact) mass is 346 g/mol. The summed E-state index contributed by atoms with van der Waals surface area (Å²) in [5, 5.41) is 5.07. The molecule has 1 heteroatoms. The van der Waals surface area contributed by atoms with Gasteiger partial charge < -0.3 is 4.74 Å². The summed E-state index contributed by atoms with van der Waals surface area (Å²) in [7, 11) is 0. The molecule has 0 fully saturated rings. The van der Waals surface area contributed by atoms with Crippen LogP contribution in [0.4, 0.5) is 0 Å². The minimum atomic E-state index is 0.843. The fourth-order valence-electron chi connectivity index (χ4n) is 3.55. The van der Waals surface area contributed by atoms with Crippen LogP contribution in [0.1, 0.15) is 0 Å². The minimum Gasteiger partial charge on any atom is -0.457 e. The molecule has 27 heavy (non-hydrogen) atoms. The maximum absolute atomic E-state index is 5.91. The van der Waals surface area contributed by atoms with Gasteiger partial charge in [0.2, 0.25) is 0 Å². The van der Waals surface area contributed by atoms with Gasteiger partial charge in [-0.1, -0.05) is 72.8 Å². The Hall–Kier alpha value is -3.58. The van der Waals surface area contributed by atoms with Crippen LogP contribution >= 0.6 is 0 Å². The minimum absolute atomic E-state index is 0.843. The summed E-state index contributed by atoms with van der Waals surface area (Å²) < 4.78 is 5.91. The predicted molar refractivity (Wildman–Crippen MR) is 113 cm³/mol. The molecule has 0 N–H and O–H groups in total. The van der Waals surface area contributed by atoms with Gasteiger partial charge in [-0.15, -0.1) is 0 Å². The molecule has 5 rings (SSSR count). The van der Waals surface area contributed by atoms with Crippen molar-refractivity contribution in [3.05, 3.63) is 109 Å². The molecule has 0 amide bonds. The first kappa shape index (κ1) is 15.7. The third-order valence-corrected chi connectivity index (χ3v) is 4.89. The molecule has 0 atom stereocenters. The summed E-state index contributed by atoms with van der Waals surface area (Å²) in [6.45, 7) is 0. The van der Waals surface area contributed by atoms with Crippen molar-refractivity contribution in [3.8, 4) is 22.6 Å². The molecule has 5 aromatic carbocycles. The highest BCUT2D eigenvalue weighted by Crippen LogP contribution is 2.33. The summed E-state index contributed by atoms with van der Waals surface area (Å²) in [6, 6.07) is 37.7. The van der Waals surface area contributed by atoms with Crippen LogP contribution in [0.5, 0.6) is 11.5 Å². The molecular formula is C26H18O. The van der Waals surface area contributed by atoms with Crippen LogP contribution in [0, 0.1) is 0 Å². The first-order valence-corrected chi connectivity index (χ1v) is 9.12. The first-order chi connectivity index (χ1) is 13.4. The van der Waals surface area contributed by atoms with Crippen LogP contribution in [-0.4, -0.2) is 0 Å². The average Bonchev–Trinajstić information content (AvgIpc) is 2.73. The summed E-state index contributed by atoms with van der Waals surface area (Å²) in [6.07, 6.45) is 0. The van der Waals surface area contributed by atoms with Gasteiger partial charge in [0, 0.05) is 0 Å². The van der Waals surface area contributed by atoms with Crippen molar-refractivity contribution < 1.29 is 4.74 Å².